The maximum atomic E-state index is 12.0. The molecule has 6 nitrogen and oxygen atoms in total. The summed E-state index contributed by atoms with van der Waals surface area (Å²) in [5, 5.41) is 12.1. The quantitative estimate of drug-likeness (QED) is 0.892. The molecule has 1 heterocycles. The van der Waals surface area contributed by atoms with Crippen molar-refractivity contribution in [1.29, 1.82) is 0 Å². The number of rotatable bonds is 4. The standard InChI is InChI=1S/C17H24N2O4/c1-17(2,3)23-16(22)19-9-8-14(11-19)18-13-6-4-12(5-7-13)10-15(20)21/h4-7,14,18H,8-11H2,1-3H3,(H,20,21)/t14-/m1/s1. The van der Waals surface area contributed by atoms with Gasteiger partial charge in [-0.25, -0.2) is 4.79 Å². The highest BCUT2D eigenvalue weighted by Gasteiger charge is 2.29. The van der Waals surface area contributed by atoms with E-state index in [2.05, 4.69) is 5.32 Å². The number of carbonyl (C=O) groups excluding carboxylic acids is 1. The number of nitrogens with zero attached hydrogens (tertiary/aromatic N) is 1. The SMILES string of the molecule is CC(C)(C)OC(=O)N1CC[C@@H](Nc2ccc(CC(=O)O)cc2)C1. The summed E-state index contributed by atoms with van der Waals surface area (Å²) in [6, 6.07) is 7.52. The molecule has 0 unspecified atom stereocenters. The van der Waals surface area contributed by atoms with Gasteiger partial charge in [-0.2, -0.15) is 0 Å². The zero-order chi connectivity index (χ0) is 17.0. The first-order valence-electron chi connectivity index (χ1n) is 7.78. The van der Waals surface area contributed by atoms with Gasteiger partial charge < -0.3 is 20.1 Å². The summed E-state index contributed by atoms with van der Waals surface area (Å²) in [4.78, 5) is 24.4. The van der Waals surface area contributed by atoms with Crippen molar-refractivity contribution in [1.82, 2.24) is 4.90 Å². The summed E-state index contributed by atoms with van der Waals surface area (Å²) < 4.78 is 5.38. The summed E-state index contributed by atoms with van der Waals surface area (Å²) in [6.45, 7) is 6.84. The fraction of sp³-hybridized carbons (Fsp3) is 0.529. The monoisotopic (exact) mass is 320 g/mol. The highest BCUT2D eigenvalue weighted by Crippen LogP contribution is 2.19. The van der Waals surface area contributed by atoms with Gasteiger partial charge in [0, 0.05) is 24.8 Å². The van der Waals surface area contributed by atoms with E-state index in [1.54, 1.807) is 17.0 Å². The molecule has 126 valence electrons. The predicted molar refractivity (Wildman–Crippen MR) is 87.6 cm³/mol. The molecule has 0 spiro atoms. The van der Waals surface area contributed by atoms with Crippen LogP contribution in [0.25, 0.3) is 0 Å². The lowest BCUT2D eigenvalue weighted by Crippen LogP contribution is -2.36. The van der Waals surface area contributed by atoms with Crippen LogP contribution in [0, 0.1) is 0 Å². The van der Waals surface area contributed by atoms with Gasteiger partial charge in [0.25, 0.3) is 0 Å². The number of carboxylic acids is 1. The van der Waals surface area contributed by atoms with Crippen LogP contribution in [-0.4, -0.2) is 46.8 Å². The Morgan fingerprint density at radius 1 is 1.30 bits per heavy atom. The fourth-order valence-electron chi connectivity index (χ4n) is 2.50. The second kappa shape index (κ2) is 6.89. The third-order valence-electron chi connectivity index (χ3n) is 3.52. The first-order valence-corrected chi connectivity index (χ1v) is 7.78. The molecule has 1 aromatic carbocycles. The summed E-state index contributed by atoms with van der Waals surface area (Å²) in [7, 11) is 0. The topological polar surface area (TPSA) is 78.9 Å². The Morgan fingerprint density at radius 3 is 2.52 bits per heavy atom. The molecule has 2 N–H and O–H groups in total. The van der Waals surface area contributed by atoms with Gasteiger partial charge in [-0.05, 0) is 44.9 Å². The van der Waals surface area contributed by atoms with Gasteiger partial charge in [0.1, 0.15) is 5.60 Å². The Labute approximate surface area is 136 Å². The van der Waals surface area contributed by atoms with Crippen molar-refractivity contribution in [3.8, 4) is 0 Å². The molecule has 1 amide bonds. The van der Waals surface area contributed by atoms with Crippen molar-refractivity contribution in [3.63, 3.8) is 0 Å². The molecule has 0 radical (unpaired) electrons. The molecule has 1 fully saturated rings. The Morgan fingerprint density at radius 2 is 1.96 bits per heavy atom. The highest BCUT2D eigenvalue weighted by atomic mass is 16.6. The van der Waals surface area contributed by atoms with Crippen molar-refractivity contribution in [2.45, 2.75) is 45.3 Å². The molecule has 23 heavy (non-hydrogen) atoms. The number of likely N-dealkylation sites (tertiary alicyclic amines) is 1. The largest absolute Gasteiger partial charge is 0.481 e. The number of hydrogen-bond acceptors (Lipinski definition) is 4. The molecule has 1 aromatic rings. The van der Waals surface area contributed by atoms with E-state index in [4.69, 9.17) is 9.84 Å². The molecule has 6 heteroatoms. The van der Waals surface area contributed by atoms with Crippen LogP contribution < -0.4 is 5.32 Å². The summed E-state index contributed by atoms with van der Waals surface area (Å²) in [5.74, 6) is -0.838. The zero-order valence-corrected chi connectivity index (χ0v) is 13.8. The molecule has 1 aliphatic rings. The number of ether oxygens (including phenoxy) is 1. The molecular weight excluding hydrogens is 296 g/mol. The van der Waals surface area contributed by atoms with Crippen LogP contribution >= 0.6 is 0 Å². The van der Waals surface area contributed by atoms with Gasteiger partial charge in [-0.3, -0.25) is 4.79 Å². The second-order valence-corrected chi connectivity index (χ2v) is 6.82. The van der Waals surface area contributed by atoms with E-state index in [1.807, 2.05) is 32.9 Å². The van der Waals surface area contributed by atoms with E-state index < -0.39 is 11.6 Å². The van der Waals surface area contributed by atoms with Crippen molar-refractivity contribution in [2.75, 3.05) is 18.4 Å². The summed E-state index contributed by atoms with van der Waals surface area (Å²) >= 11 is 0. The van der Waals surface area contributed by atoms with Crippen LogP contribution in [0.1, 0.15) is 32.8 Å². The minimum absolute atomic E-state index is 0.0239. The van der Waals surface area contributed by atoms with E-state index in [0.29, 0.717) is 13.1 Å². The molecule has 0 saturated carbocycles. The molecule has 1 saturated heterocycles. The fourth-order valence-corrected chi connectivity index (χ4v) is 2.50. The molecule has 0 aliphatic carbocycles. The zero-order valence-electron chi connectivity index (χ0n) is 13.8. The van der Waals surface area contributed by atoms with E-state index in [9.17, 15) is 9.59 Å². The van der Waals surface area contributed by atoms with Gasteiger partial charge >= 0.3 is 12.1 Å². The Bertz CT molecular complexity index is 563. The Balaban J connectivity index is 1.85. The van der Waals surface area contributed by atoms with Crippen LogP contribution in [0.15, 0.2) is 24.3 Å². The lowest BCUT2D eigenvalue weighted by molar-refractivity contribution is -0.136. The maximum Gasteiger partial charge on any atom is 0.410 e. The van der Waals surface area contributed by atoms with Crippen molar-refractivity contribution in [2.24, 2.45) is 0 Å². The maximum absolute atomic E-state index is 12.0. The van der Waals surface area contributed by atoms with Gasteiger partial charge in [-0.15, -0.1) is 0 Å². The minimum Gasteiger partial charge on any atom is -0.481 e. The minimum atomic E-state index is -0.838. The third kappa shape index (κ3) is 5.47. The molecule has 0 bridgehead atoms. The van der Waals surface area contributed by atoms with Gasteiger partial charge in [0.05, 0.1) is 6.42 Å². The number of amides is 1. The average Bonchev–Trinajstić information content (AvgIpc) is 2.87. The number of benzene rings is 1. The van der Waals surface area contributed by atoms with Gasteiger partial charge in [-0.1, -0.05) is 12.1 Å². The Kier molecular flexibility index (Phi) is 5.13. The first kappa shape index (κ1) is 17.1. The second-order valence-electron chi connectivity index (χ2n) is 6.82. The van der Waals surface area contributed by atoms with Crippen molar-refractivity contribution in [3.05, 3.63) is 29.8 Å². The molecule has 0 aromatic heterocycles. The van der Waals surface area contributed by atoms with E-state index in [0.717, 1.165) is 17.7 Å². The first-order chi connectivity index (χ1) is 10.7. The average molecular weight is 320 g/mol. The molecule has 1 aliphatic heterocycles. The van der Waals surface area contributed by atoms with Gasteiger partial charge in [0.15, 0.2) is 0 Å². The van der Waals surface area contributed by atoms with Crippen LogP contribution in [0.2, 0.25) is 0 Å². The lowest BCUT2D eigenvalue weighted by atomic mass is 10.1. The van der Waals surface area contributed by atoms with Gasteiger partial charge in [0.2, 0.25) is 0 Å². The molecule has 1 atom stereocenters. The Hall–Kier alpha value is -2.24. The van der Waals surface area contributed by atoms with E-state index in [-0.39, 0.29) is 18.6 Å². The lowest BCUT2D eigenvalue weighted by Gasteiger charge is -2.24. The normalized spacial score (nSPS) is 17.9. The molecular formula is C17H24N2O4. The molecule has 2 rings (SSSR count). The van der Waals surface area contributed by atoms with Crippen LogP contribution in [0.5, 0.6) is 0 Å². The van der Waals surface area contributed by atoms with E-state index in [1.165, 1.54) is 0 Å². The van der Waals surface area contributed by atoms with Crippen LogP contribution in [0.4, 0.5) is 10.5 Å². The number of carboxylic acid groups (broad SMARTS) is 1. The number of carbonyl (C=O) groups is 2. The number of hydrogen-bond donors (Lipinski definition) is 2. The third-order valence-corrected chi connectivity index (χ3v) is 3.52. The van der Waals surface area contributed by atoms with Crippen LogP contribution in [-0.2, 0) is 16.0 Å². The highest BCUT2D eigenvalue weighted by molar-refractivity contribution is 5.70. The number of nitrogens with one attached hydrogen (secondary N) is 1. The number of aliphatic carboxylic acids is 1. The summed E-state index contributed by atoms with van der Waals surface area (Å²) in [5.41, 5.74) is 1.21. The number of anilines is 1. The van der Waals surface area contributed by atoms with Crippen LogP contribution in [0.3, 0.4) is 0 Å². The predicted octanol–water partition coefficient (Wildman–Crippen LogP) is 2.74. The smallest absolute Gasteiger partial charge is 0.410 e. The van der Waals surface area contributed by atoms with Crippen molar-refractivity contribution >= 4 is 17.7 Å². The van der Waals surface area contributed by atoms with E-state index >= 15 is 0 Å². The summed E-state index contributed by atoms with van der Waals surface area (Å²) in [6.07, 6.45) is 0.602. The van der Waals surface area contributed by atoms with Crippen molar-refractivity contribution < 1.29 is 19.4 Å².